The van der Waals surface area contributed by atoms with Gasteiger partial charge in [-0.3, -0.25) is 0 Å². The summed E-state index contributed by atoms with van der Waals surface area (Å²) in [4.78, 5) is 2.37. The third kappa shape index (κ3) is 6.95. The number of nitrogens with zero attached hydrogens (tertiary/aromatic N) is 1. The first-order valence-electron chi connectivity index (χ1n) is 22.2. The molecule has 12 aromatic rings. The van der Waals surface area contributed by atoms with E-state index in [0.717, 1.165) is 105 Å². The Morgan fingerprint density at radius 3 is 1.17 bits per heavy atom. The Hall–Kier alpha value is -8.40. The maximum Gasteiger partial charge on any atom is 0.143 e. The van der Waals surface area contributed by atoms with E-state index in [9.17, 15) is 0 Å². The number of furan rings is 2. The molecule has 3 nitrogen and oxygen atoms in total. The Kier molecular flexibility index (Phi) is 9.28. The quantitative estimate of drug-likeness (QED) is 0.153. The lowest BCUT2D eigenvalue weighted by Crippen LogP contribution is -2.10. The highest BCUT2D eigenvalue weighted by Gasteiger charge is 2.19. The van der Waals surface area contributed by atoms with Gasteiger partial charge in [0.1, 0.15) is 22.3 Å². The van der Waals surface area contributed by atoms with Gasteiger partial charge in [-0.15, -0.1) is 0 Å². The van der Waals surface area contributed by atoms with Gasteiger partial charge in [-0.2, -0.15) is 0 Å². The largest absolute Gasteiger partial charge is 0.455 e. The van der Waals surface area contributed by atoms with Crippen molar-refractivity contribution >= 4 is 60.9 Å². The molecule has 0 saturated carbocycles. The van der Waals surface area contributed by atoms with E-state index in [1.807, 2.05) is 24.3 Å². The summed E-state index contributed by atoms with van der Waals surface area (Å²) in [7, 11) is 0. The summed E-state index contributed by atoms with van der Waals surface area (Å²) in [5.74, 6) is 0. The van der Waals surface area contributed by atoms with Crippen LogP contribution >= 0.6 is 0 Å². The first kappa shape index (κ1) is 38.3. The lowest BCUT2D eigenvalue weighted by molar-refractivity contribution is 0.669. The summed E-state index contributed by atoms with van der Waals surface area (Å²) >= 11 is 0. The molecule has 65 heavy (non-hydrogen) atoms. The van der Waals surface area contributed by atoms with Crippen molar-refractivity contribution in [3.05, 3.63) is 236 Å². The van der Waals surface area contributed by atoms with Crippen LogP contribution in [0.3, 0.4) is 0 Å². The molecule has 2 heterocycles. The van der Waals surface area contributed by atoms with Crippen LogP contribution in [0.4, 0.5) is 17.1 Å². The topological polar surface area (TPSA) is 29.5 Å². The van der Waals surface area contributed by atoms with Crippen LogP contribution in [0.25, 0.3) is 99.5 Å². The number of aryl methyl sites for hydroxylation is 2. The zero-order valence-electron chi connectivity index (χ0n) is 36.1. The minimum Gasteiger partial charge on any atom is -0.455 e. The van der Waals surface area contributed by atoms with Crippen molar-refractivity contribution in [1.82, 2.24) is 0 Å². The monoisotopic (exact) mass is 833 g/mol. The normalized spacial score (nSPS) is 11.5. The van der Waals surface area contributed by atoms with Crippen LogP contribution in [-0.4, -0.2) is 0 Å². The summed E-state index contributed by atoms with van der Waals surface area (Å²) in [5, 5.41) is 4.49. The fourth-order valence-corrected chi connectivity index (χ4v) is 9.68. The number of rotatable bonds is 8. The van der Waals surface area contributed by atoms with Gasteiger partial charge >= 0.3 is 0 Å². The summed E-state index contributed by atoms with van der Waals surface area (Å²) in [5.41, 5.74) is 20.6. The molecule has 0 bridgehead atoms. The Bertz CT molecular complexity index is 3530. The number of fused-ring (bicyclic) bond motifs is 6. The second kappa shape index (κ2) is 15.7. The number of hydrogen-bond acceptors (Lipinski definition) is 3. The number of para-hydroxylation sites is 4. The Balaban J connectivity index is 1.00. The van der Waals surface area contributed by atoms with E-state index in [1.54, 1.807) is 0 Å². The molecular weight excluding hydrogens is 791 g/mol. The van der Waals surface area contributed by atoms with Gasteiger partial charge in [0, 0.05) is 49.7 Å². The second-order valence-electron chi connectivity index (χ2n) is 17.1. The van der Waals surface area contributed by atoms with Crippen LogP contribution in [0.1, 0.15) is 11.1 Å². The summed E-state index contributed by atoms with van der Waals surface area (Å²) < 4.78 is 13.0. The molecule has 3 heteroatoms. The van der Waals surface area contributed by atoms with Crippen molar-refractivity contribution < 1.29 is 8.83 Å². The number of anilines is 3. The zero-order valence-corrected chi connectivity index (χ0v) is 36.1. The van der Waals surface area contributed by atoms with Gasteiger partial charge in [-0.25, -0.2) is 0 Å². The van der Waals surface area contributed by atoms with E-state index in [0.29, 0.717) is 0 Å². The molecule has 10 aromatic carbocycles. The molecule has 0 fully saturated rings. The van der Waals surface area contributed by atoms with Crippen LogP contribution in [0.2, 0.25) is 0 Å². The Morgan fingerprint density at radius 1 is 0.277 bits per heavy atom. The van der Waals surface area contributed by atoms with Crippen molar-refractivity contribution in [2.24, 2.45) is 0 Å². The van der Waals surface area contributed by atoms with Crippen molar-refractivity contribution in [3.8, 4) is 55.6 Å². The van der Waals surface area contributed by atoms with Gasteiger partial charge in [-0.05, 0) is 113 Å². The van der Waals surface area contributed by atoms with E-state index in [1.165, 1.54) is 22.3 Å². The van der Waals surface area contributed by atoms with Gasteiger partial charge in [0.25, 0.3) is 0 Å². The third-order valence-electron chi connectivity index (χ3n) is 12.7. The van der Waals surface area contributed by atoms with Gasteiger partial charge < -0.3 is 13.7 Å². The van der Waals surface area contributed by atoms with Crippen molar-refractivity contribution in [2.75, 3.05) is 4.90 Å². The highest BCUT2D eigenvalue weighted by atomic mass is 16.3. The second-order valence-corrected chi connectivity index (χ2v) is 17.1. The molecule has 0 radical (unpaired) electrons. The summed E-state index contributed by atoms with van der Waals surface area (Å²) in [6.07, 6.45) is 0. The third-order valence-corrected chi connectivity index (χ3v) is 12.7. The molecule has 0 aliphatic heterocycles. The van der Waals surface area contributed by atoms with Crippen molar-refractivity contribution in [2.45, 2.75) is 13.8 Å². The van der Waals surface area contributed by atoms with Crippen LogP contribution in [-0.2, 0) is 0 Å². The molecule has 0 spiro atoms. The zero-order chi connectivity index (χ0) is 43.4. The highest BCUT2D eigenvalue weighted by Crippen LogP contribution is 2.43. The molecule has 0 unspecified atom stereocenters. The maximum absolute atomic E-state index is 6.48. The minimum absolute atomic E-state index is 0.895. The maximum atomic E-state index is 6.48. The molecule has 0 N–H and O–H groups in total. The number of benzene rings is 10. The molecule has 0 amide bonds. The SMILES string of the molecule is Cc1cc(C)cc(-c2ccc(-c3cc(-c4ccccc4)cc(N(c4ccc(-c5cccc6c5oc5ccccc56)cc4)c4ccc(-c5cccc6c5oc5ccccc56)cc4)c3)cc2)c1. The van der Waals surface area contributed by atoms with Crippen molar-refractivity contribution in [3.63, 3.8) is 0 Å². The first-order valence-corrected chi connectivity index (χ1v) is 22.2. The molecule has 308 valence electrons. The predicted octanol–water partition coefficient (Wildman–Crippen LogP) is 17.9. The molecule has 0 saturated heterocycles. The molecule has 2 aromatic heterocycles. The van der Waals surface area contributed by atoms with E-state index < -0.39 is 0 Å². The smallest absolute Gasteiger partial charge is 0.143 e. The predicted molar refractivity (Wildman–Crippen MR) is 272 cm³/mol. The molecule has 0 aliphatic carbocycles. The van der Waals surface area contributed by atoms with Crippen LogP contribution in [0, 0.1) is 13.8 Å². The van der Waals surface area contributed by atoms with E-state index in [2.05, 4.69) is 219 Å². The molecular formula is C62H43NO2. The van der Waals surface area contributed by atoms with Crippen LogP contribution in [0.15, 0.2) is 233 Å². The van der Waals surface area contributed by atoms with E-state index in [-0.39, 0.29) is 0 Å². The van der Waals surface area contributed by atoms with Gasteiger partial charge in [0.05, 0.1) is 0 Å². The molecule has 0 aliphatic rings. The van der Waals surface area contributed by atoms with Gasteiger partial charge in [0.2, 0.25) is 0 Å². The van der Waals surface area contributed by atoms with Crippen molar-refractivity contribution in [1.29, 1.82) is 0 Å². The lowest BCUT2D eigenvalue weighted by atomic mass is 9.95. The summed E-state index contributed by atoms with van der Waals surface area (Å²) in [6.45, 7) is 4.33. The fraction of sp³-hybridized carbons (Fsp3) is 0.0323. The molecule has 12 rings (SSSR count). The van der Waals surface area contributed by atoms with E-state index in [4.69, 9.17) is 8.83 Å². The average molecular weight is 834 g/mol. The number of hydrogen-bond donors (Lipinski definition) is 0. The average Bonchev–Trinajstić information content (AvgIpc) is 3.94. The lowest BCUT2D eigenvalue weighted by Gasteiger charge is -2.27. The Morgan fingerprint density at radius 2 is 0.677 bits per heavy atom. The summed E-state index contributed by atoms with van der Waals surface area (Å²) in [6, 6.07) is 80.6. The van der Waals surface area contributed by atoms with Crippen LogP contribution in [0.5, 0.6) is 0 Å². The van der Waals surface area contributed by atoms with Crippen LogP contribution < -0.4 is 4.90 Å². The fourth-order valence-electron chi connectivity index (χ4n) is 9.68. The molecule has 0 atom stereocenters. The highest BCUT2D eigenvalue weighted by molar-refractivity contribution is 6.10. The van der Waals surface area contributed by atoms with Gasteiger partial charge in [0.15, 0.2) is 0 Å². The minimum atomic E-state index is 0.895. The standard InChI is InChI=1S/C62H43NO2/c1-40-34-41(2)36-47(35-40)43-22-24-44(25-23-43)49-37-48(42-12-4-3-5-13-42)38-52(39-49)63(50-30-26-45(27-31-50)53-16-10-18-57-55-14-6-8-20-59(55)64-61(53)57)51-32-28-46(29-33-51)54-17-11-19-58-56-15-7-9-21-60(56)65-62(54)58/h3-39H,1-2H3. The Labute approximate surface area is 378 Å². The van der Waals surface area contributed by atoms with E-state index >= 15 is 0 Å². The first-order chi connectivity index (χ1) is 32.0. The van der Waals surface area contributed by atoms with Gasteiger partial charge in [-0.1, -0.05) is 181 Å².